The third-order valence-corrected chi connectivity index (χ3v) is 3.40. The molecular formula is C12H18N2O5. The maximum absolute atomic E-state index is 8.73. The van der Waals surface area contributed by atoms with Crippen molar-refractivity contribution in [1.29, 1.82) is 0 Å². The molecule has 0 saturated carbocycles. The number of hydrogen-bond acceptors (Lipinski definition) is 5. The monoisotopic (exact) mass is 270 g/mol. The standard InChI is InChI=1S/C12H18N2O5/c1-11(2)16-7-6(5-14-13)15-10-9(8(7)17-11)18-12(3,4)19-10/h5-10H,1-4H3/t6-,7+,8+,9-,10-/m1/s1. The van der Waals surface area contributed by atoms with E-state index in [0.717, 1.165) is 0 Å². The average molecular weight is 270 g/mol. The van der Waals surface area contributed by atoms with Crippen molar-refractivity contribution in [3.05, 3.63) is 5.53 Å². The van der Waals surface area contributed by atoms with Crippen LogP contribution in [0.25, 0.3) is 5.53 Å². The third-order valence-electron chi connectivity index (χ3n) is 3.40. The van der Waals surface area contributed by atoms with Crippen molar-refractivity contribution in [2.45, 2.75) is 70.0 Å². The summed E-state index contributed by atoms with van der Waals surface area (Å²) in [5.74, 6) is -1.47. The highest BCUT2D eigenvalue weighted by molar-refractivity contribution is 5.58. The van der Waals surface area contributed by atoms with E-state index in [4.69, 9.17) is 29.2 Å². The predicted octanol–water partition coefficient (Wildman–Crippen LogP) is 0.683. The maximum atomic E-state index is 8.73. The van der Waals surface area contributed by atoms with Crippen molar-refractivity contribution in [1.82, 2.24) is 0 Å². The highest BCUT2D eigenvalue weighted by Gasteiger charge is 2.61. The summed E-state index contributed by atoms with van der Waals surface area (Å²) >= 11 is 0. The first kappa shape index (κ1) is 13.2. The Morgan fingerprint density at radius 2 is 1.47 bits per heavy atom. The molecule has 0 aromatic heterocycles. The van der Waals surface area contributed by atoms with E-state index >= 15 is 0 Å². The fourth-order valence-corrected chi connectivity index (χ4v) is 2.83. The Morgan fingerprint density at radius 1 is 0.895 bits per heavy atom. The molecule has 0 aliphatic carbocycles. The largest absolute Gasteiger partial charge is 0.362 e. The molecule has 7 nitrogen and oxygen atoms in total. The van der Waals surface area contributed by atoms with Gasteiger partial charge in [-0.1, -0.05) is 0 Å². The molecule has 5 atom stereocenters. The highest BCUT2D eigenvalue weighted by atomic mass is 16.9. The van der Waals surface area contributed by atoms with Gasteiger partial charge in [0.2, 0.25) is 0 Å². The zero-order chi connectivity index (χ0) is 13.8. The van der Waals surface area contributed by atoms with Crippen LogP contribution in [0.1, 0.15) is 27.7 Å². The summed E-state index contributed by atoms with van der Waals surface area (Å²) in [5, 5.41) is 0. The fourth-order valence-electron chi connectivity index (χ4n) is 2.83. The molecule has 3 heterocycles. The Bertz CT molecular complexity index is 432. The summed E-state index contributed by atoms with van der Waals surface area (Å²) in [4.78, 5) is 3.04. The summed E-state index contributed by atoms with van der Waals surface area (Å²) in [6, 6.07) is 0. The van der Waals surface area contributed by atoms with E-state index in [2.05, 4.69) is 4.79 Å². The quantitative estimate of drug-likeness (QED) is 0.397. The molecule has 0 aromatic rings. The molecule has 0 aromatic carbocycles. The van der Waals surface area contributed by atoms with Crippen molar-refractivity contribution in [3.63, 3.8) is 0 Å². The molecule has 7 heteroatoms. The second-order valence-electron chi connectivity index (χ2n) is 5.90. The van der Waals surface area contributed by atoms with Crippen LogP contribution in [0.3, 0.4) is 0 Å². The molecule has 0 bridgehead atoms. The van der Waals surface area contributed by atoms with Crippen molar-refractivity contribution in [3.8, 4) is 0 Å². The molecule has 0 unspecified atom stereocenters. The lowest BCUT2D eigenvalue weighted by atomic mass is 10.00. The van der Waals surface area contributed by atoms with E-state index in [1.165, 1.54) is 6.21 Å². The summed E-state index contributed by atoms with van der Waals surface area (Å²) in [5.41, 5.74) is 8.73. The molecule has 106 valence electrons. The molecule has 3 aliphatic rings. The third kappa shape index (κ3) is 2.23. The first-order valence-corrected chi connectivity index (χ1v) is 6.36. The summed E-state index contributed by atoms with van der Waals surface area (Å²) in [6.07, 6.45) is -0.867. The first-order valence-electron chi connectivity index (χ1n) is 6.36. The van der Waals surface area contributed by atoms with Gasteiger partial charge in [0, 0.05) is 0 Å². The number of nitrogens with zero attached hydrogens (tertiary/aromatic N) is 2. The Balaban J connectivity index is 1.90. The molecule has 3 rings (SSSR count). The lowest BCUT2D eigenvalue weighted by Crippen LogP contribution is -2.55. The minimum Gasteiger partial charge on any atom is -0.362 e. The number of hydrogen-bond donors (Lipinski definition) is 0. The van der Waals surface area contributed by atoms with Crippen LogP contribution in [0.15, 0.2) is 0 Å². The molecule has 3 fully saturated rings. The summed E-state index contributed by atoms with van der Waals surface area (Å²) in [6.45, 7) is 7.29. The summed E-state index contributed by atoms with van der Waals surface area (Å²) in [7, 11) is 0. The molecule has 0 spiro atoms. The van der Waals surface area contributed by atoms with Gasteiger partial charge in [-0.2, -0.15) is 4.79 Å². The van der Waals surface area contributed by atoms with Gasteiger partial charge < -0.3 is 29.2 Å². The highest BCUT2D eigenvalue weighted by Crippen LogP contribution is 2.43. The van der Waals surface area contributed by atoms with Crippen molar-refractivity contribution in [2.24, 2.45) is 0 Å². The van der Waals surface area contributed by atoms with E-state index in [-0.39, 0.29) is 18.3 Å². The van der Waals surface area contributed by atoms with Gasteiger partial charge in [-0.15, -0.1) is 0 Å². The lowest BCUT2D eigenvalue weighted by molar-refractivity contribution is -0.221. The Morgan fingerprint density at radius 3 is 2.16 bits per heavy atom. The van der Waals surface area contributed by atoms with Gasteiger partial charge in [-0.05, 0) is 27.7 Å². The second-order valence-corrected chi connectivity index (χ2v) is 5.90. The molecular weight excluding hydrogens is 252 g/mol. The van der Waals surface area contributed by atoms with E-state index < -0.39 is 24.0 Å². The number of rotatable bonds is 1. The number of ether oxygens (including phenoxy) is 5. The molecule has 3 aliphatic heterocycles. The van der Waals surface area contributed by atoms with Gasteiger partial charge >= 0.3 is 0 Å². The first-order chi connectivity index (χ1) is 8.81. The molecule has 3 saturated heterocycles. The molecule has 19 heavy (non-hydrogen) atoms. The van der Waals surface area contributed by atoms with Gasteiger partial charge in [-0.25, -0.2) is 0 Å². The van der Waals surface area contributed by atoms with E-state index in [0.29, 0.717) is 0 Å². The summed E-state index contributed by atoms with van der Waals surface area (Å²) < 4.78 is 28.9. The van der Waals surface area contributed by atoms with Crippen LogP contribution in [-0.4, -0.2) is 53.3 Å². The topological polar surface area (TPSA) is 82.6 Å². The molecule has 0 amide bonds. The maximum Gasteiger partial charge on any atom is 0.288 e. The minimum atomic E-state index is -0.735. The van der Waals surface area contributed by atoms with Crippen LogP contribution in [0.2, 0.25) is 0 Å². The van der Waals surface area contributed by atoms with E-state index in [9.17, 15) is 0 Å². The van der Waals surface area contributed by atoms with Gasteiger partial charge in [0.25, 0.3) is 6.21 Å². The van der Waals surface area contributed by atoms with Gasteiger partial charge in [0.15, 0.2) is 24.0 Å². The molecule has 0 radical (unpaired) electrons. The normalized spacial score (nSPS) is 46.2. The smallest absolute Gasteiger partial charge is 0.288 e. The minimum absolute atomic E-state index is 0.321. The van der Waals surface area contributed by atoms with Crippen LogP contribution < -0.4 is 0 Å². The zero-order valence-electron chi connectivity index (χ0n) is 11.4. The van der Waals surface area contributed by atoms with Gasteiger partial charge in [0.05, 0.1) is 0 Å². The van der Waals surface area contributed by atoms with Crippen molar-refractivity contribution >= 4 is 6.21 Å². The second kappa shape index (κ2) is 4.09. The lowest BCUT2D eigenvalue weighted by Gasteiger charge is -2.33. The zero-order valence-corrected chi connectivity index (χ0v) is 11.4. The SMILES string of the molecule is CC1(C)O[C@H]2[C@@H](O1)[C@@H](C=[N+]=[N-])O[C@@H]1OC(C)(C)O[C@@H]12. The van der Waals surface area contributed by atoms with Gasteiger partial charge in [-0.3, -0.25) is 0 Å². The van der Waals surface area contributed by atoms with Crippen LogP contribution >= 0.6 is 0 Å². The van der Waals surface area contributed by atoms with Crippen LogP contribution in [-0.2, 0) is 23.7 Å². The Labute approximate surface area is 111 Å². The van der Waals surface area contributed by atoms with Crippen LogP contribution in [0, 0.1) is 0 Å². The fraction of sp³-hybridized carbons (Fsp3) is 0.917. The van der Waals surface area contributed by atoms with Gasteiger partial charge in [0.1, 0.15) is 18.3 Å². The van der Waals surface area contributed by atoms with Crippen molar-refractivity contribution < 1.29 is 28.5 Å². The number of fused-ring (bicyclic) bond motifs is 3. The molecule has 0 N–H and O–H groups in total. The van der Waals surface area contributed by atoms with E-state index in [1.54, 1.807) is 0 Å². The van der Waals surface area contributed by atoms with Crippen molar-refractivity contribution in [2.75, 3.05) is 0 Å². The van der Waals surface area contributed by atoms with Crippen LogP contribution in [0.4, 0.5) is 0 Å². The van der Waals surface area contributed by atoms with Crippen LogP contribution in [0.5, 0.6) is 0 Å². The predicted molar refractivity (Wildman–Crippen MR) is 62.2 cm³/mol. The Kier molecular flexibility index (Phi) is 2.83. The Hall–Kier alpha value is -0.820. The average Bonchev–Trinajstić information content (AvgIpc) is 2.74. The van der Waals surface area contributed by atoms with E-state index in [1.807, 2.05) is 27.7 Å².